The van der Waals surface area contributed by atoms with E-state index in [0.717, 1.165) is 11.4 Å². The fraction of sp³-hybridized carbons (Fsp3) is 0.309. The summed E-state index contributed by atoms with van der Waals surface area (Å²) in [6.07, 6.45) is 4.88. The van der Waals surface area contributed by atoms with Crippen LogP contribution in [0.15, 0.2) is 127 Å². The third-order valence-corrected chi connectivity index (χ3v) is 16.2. The van der Waals surface area contributed by atoms with Crippen molar-refractivity contribution < 1.29 is 0 Å². The molecule has 5 heteroatoms. The zero-order chi connectivity index (χ0) is 41.5. The van der Waals surface area contributed by atoms with Crippen molar-refractivity contribution in [1.29, 1.82) is 0 Å². The molecule has 2 atom stereocenters. The maximum Gasteiger partial charge on any atom is 0.264 e. The zero-order valence-electron chi connectivity index (χ0n) is 36.8. The summed E-state index contributed by atoms with van der Waals surface area (Å²) in [6, 6.07) is 48.8. The summed E-state index contributed by atoms with van der Waals surface area (Å²) in [4.78, 5) is 8.06. The Morgan fingerprint density at radius 3 is 1.92 bits per heavy atom. The SMILES string of the molecule is Cc1cc(C(C)(C)C)ccc1N1c2cc(N(c3ccccc3)c3ccccc3)cc3c2B(c2cc(C(C)(C)C)cc4c2N3C2(C)CCCCC42C)c2sc3ccccc3c21. The molecule has 1 aromatic heterocycles. The van der Waals surface area contributed by atoms with Gasteiger partial charge in [0.15, 0.2) is 0 Å². The van der Waals surface area contributed by atoms with Gasteiger partial charge in [0.2, 0.25) is 0 Å². The van der Waals surface area contributed by atoms with Crippen molar-refractivity contribution >= 4 is 89.3 Å². The molecule has 0 saturated heterocycles. The minimum absolute atomic E-state index is 0.00752. The van der Waals surface area contributed by atoms with Crippen molar-refractivity contribution in [2.45, 2.75) is 110 Å². The summed E-state index contributed by atoms with van der Waals surface area (Å²) in [5.74, 6) is 0. The van der Waals surface area contributed by atoms with Crippen LogP contribution in [-0.2, 0) is 16.2 Å². The van der Waals surface area contributed by atoms with Gasteiger partial charge in [-0.25, -0.2) is 0 Å². The average Bonchev–Trinajstić information content (AvgIpc) is 3.70. The number of thiophene rings is 1. The van der Waals surface area contributed by atoms with Gasteiger partial charge < -0.3 is 14.7 Å². The second kappa shape index (κ2) is 12.9. The second-order valence-corrected chi connectivity index (χ2v) is 21.7. The predicted octanol–water partition coefficient (Wildman–Crippen LogP) is 13.6. The molecule has 0 bridgehead atoms. The Morgan fingerprint density at radius 1 is 0.617 bits per heavy atom. The van der Waals surface area contributed by atoms with Gasteiger partial charge >= 0.3 is 0 Å². The van der Waals surface area contributed by atoms with Crippen LogP contribution in [0.3, 0.4) is 0 Å². The van der Waals surface area contributed by atoms with Crippen molar-refractivity contribution in [2.24, 2.45) is 0 Å². The molecule has 4 aliphatic rings. The van der Waals surface area contributed by atoms with Gasteiger partial charge in [-0.2, -0.15) is 0 Å². The number of fused-ring (bicyclic) bond motifs is 9. The van der Waals surface area contributed by atoms with Crippen LogP contribution in [0.2, 0.25) is 0 Å². The largest absolute Gasteiger partial charge is 0.335 e. The quantitative estimate of drug-likeness (QED) is 0.164. The summed E-state index contributed by atoms with van der Waals surface area (Å²) in [5, 5.41) is 1.33. The van der Waals surface area contributed by atoms with E-state index in [1.807, 2.05) is 11.3 Å². The minimum Gasteiger partial charge on any atom is -0.335 e. The Morgan fingerprint density at radius 2 is 1.25 bits per heavy atom. The first-order chi connectivity index (χ1) is 28.7. The van der Waals surface area contributed by atoms with E-state index in [-0.39, 0.29) is 28.5 Å². The van der Waals surface area contributed by atoms with Gasteiger partial charge in [-0.05, 0) is 119 Å². The normalized spacial score (nSPS) is 20.2. The number of aryl methyl sites for hydroxylation is 1. The Labute approximate surface area is 361 Å². The van der Waals surface area contributed by atoms with Crippen LogP contribution < -0.4 is 30.4 Å². The van der Waals surface area contributed by atoms with Gasteiger partial charge in [0.05, 0.1) is 16.9 Å². The van der Waals surface area contributed by atoms with Crippen molar-refractivity contribution in [3.05, 3.63) is 150 Å². The summed E-state index contributed by atoms with van der Waals surface area (Å²) in [7, 11) is 0. The summed E-state index contributed by atoms with van der Waals surface area (Å²) >= 11 is 2.01. The van der Waals surface area contributed by atoms with E-state index in [1.54, 1.807) is 5.56 Å². The third-order valence-electron chi connectivity index (χ3n) is 15.0. The van der Waals surface area contributed by atoms with Crippen molar-refractivity contribution in [1.82, 2.24) is 0 Å². The number of nitrogens with zero attached hydrogens (tertiary/aromatic N) is 3. The first-order valence-corrected chi connectivity index (χ1v) is 23.0. The van der Waals surface area contributed by atoms with Crippen LogP contribution in [0, 0.1) is 6.92 Å². The molecular formula is C55H56BN3S. The lowest BCUT2D eigenvalue weighted by atomic mass is 9.36. The molecule has 60 heavy (non-hydrogen) atoms. The van der Waals surface area contributed by atoms with Gasteiger partial charge in [0, 0.05) is 54.4 Å². The first kappa shape index (κ1) is 37.7. The number of hydrogen-bond donors (Lipinski definition) is 0. The number of rotatable bonds is 4. The predicted molar refractivity (Wildman–Crippen MR) is 261 cm³/mol. The van der Waals surface area contributed by atoms with Crippen LogP contribution in [0.1, 0.15) is 103 Å². The lowest BCUT2D eigenvalue weighted by molar-refractivity contribution is 0.195. The molecule has 0 spiro atoms. The molecular weight excluding hydrogens is 746 g/mol. The van der Waals surface area contributed by atoms with Crippen molar-refractivity contribution in [3.63, 3.8) is 0 Å². The smallest absolute Gasteiger partial charge is 0.264 e. The van der Waals surface area contributed by atoms with Crippen molar-refractivity contribution in [2.75, 3.05) is 14.7 Å². The van der Waals surface area contributed by atoms with E-state index >= 15 is 0 Å². The monoisotopic (exact) mass is 801 g/mol. The molecule has 3 nitrogen and oxygen atoms in total. The molecule has 1 saturated carbocycles. The fourth-order valence-electron chi connectivity index (χ4n) is 11.5. The van der Waals surface area contributed by atoms with Gasteiger partial charge in [0.25, 0.3) is 6.71 Å². The molecule has 1 fully saturated rings. The summed E-state index contributed by atoms with van der Waals surface area (Å²) in [6.45, 7) is 21.8. The van der Waals surface area contributed by atoms with E-state index in [0.29, 0.717) is 0 Å². The molecule has 2 unspecified atom stereocenters. The highest BCUT2D eigenvalue weighted by Crippen LogP contribution is 2.63. The molecule has 4 heterocycles. The molecule has 1 aliphatic carbocycles. The van der Waals surface area contributed by atoms with Crippen LogP contribution in [0.5, 0.6) is 0 Å². The molecule has 7 aromatic rings. The average molecular weight is 802 g/mol. The van der Waals surface area contributed by atoms with E-state index < -0.39 is 0 Å². The maximum atomic E-state index is 2.89. The van der Waals surface area contributed by atoms with E-state index in [9.17, 15) is 0 Å². The molecule has 0 amide bonds. The summed E-state index contributed by atoms with van der Waals surface area (Å²) in [5.41, 5.74) is 18.8. The van der Waals surface area contributed by atoms with Gasteiger partial charge in [-0.3, -0.25) is 0 Å². The van der Waals surface area contributed by atoms with Gasteiger partial charge in [-0.15, -0.1) is 11.3 Å². The highest BCUT2D eigenvalue weighted by atomic mass is 32.1. The van der Waals surface area contributed by atoms with Crippen LogP contribution >= 0.6 is 11.3 Å². The number of hydrogen-bond acceptors (Lipinski definition) is 4. The Balaban J connectivity index is 1.31. The van der Waals surface area contributed by atoms with E-state index in [1.165, 1.54) is 102 Å². The molecule has 11 rings (SSSR count). The van der Waals surface area contributed by atoms with E-state index in [2.05, 4.69) is 204 Å². The van der Waals surface area contributed by atoms with Gasteiger partial charge in [0.1, 0.15) is 0 Å². The molecule has 0 N–H and O–H groups in total. The molecule has 3 aliphatic heterocycles. The topological polar surface area (TPSA) is 9.72 Å². The minimum atomic E-state index is -0.0872. The van der Waals surface area contributed by atoms with Crippen LogP contribution in [0.25, 0.3) is 10.1 Å². The Bertz CT molecular complexity index is 2820. The highest BCUT2D eigenvalue weighted by Gasteiger charge is 2.62. The molecule has 6 aromatic carbocycles. The lowest BCUT2D eigenvalue weighted by Gasteiger charge is -2.52. The Kier molecular flexibility index (Phi) is 8.10. The highest BCUT2D eigenvalue weighted by molar-refractivity contribution is 7.33. The first-order valence-electron chi connectivity index (χ1n) is 22.2. The standard InChI is InChI=1S/C55H56BN3S/c1-35-30-36(52(2,3)4)26-27-44(35)58-45-33-40(57(38-20-12-10-13-21-38)39-22-14-11-15-23-39)34-46-48(45)56(51-49(58)41-24-16-17-25-47(41)60-51)43-32-37(53(5,6)7)31-42-50(43)59(46)55(9)29-19-18-28-54(42,55)8/h10-17,20-27,30-34H,18-19,28-29H2,1-9H3. The van der Waals surface area contributed by atoms with Gasteiger partial charge in [-0.1, -0.05) is 140 Å². The van der Waals surface area contributed by atoms with E-state index in [4.69, 9.17) is 0 Å². The second-order valence-electron chi connectivity index (χ2n) is 20.6. The zero-order valence-corrected chi connectivity index (χ0v) is 37.6. The fourth-order valence-corrected chi connectivity index (χ4v) is 12.9. The number of para-hydroxylation sites is 2. The number of benzene rings is 6. The third kappa shape index (κ3) is 5.20. The van der Waals surface area contributed by atoms with Crippen molar-refractivity contribution in [3.8, 4) is 0 Å². The maximum absolute atomic E-state index is 2.89. The summed E-state index contributed by atoms with van der Waals surface area (Å²) < 4.78 is 2.80. The van der Waals surface area contributed by atoms with Crippen LogP contribution in [-0.4, -0.2) is 12.3 Å². The molecule has 300 valence electrons. The number of anilines is 8. The van der Waals surface area contributed by atoms with Crippen LogP contribution in [0.4, 0.5) is 45.5 Å². The Hall–Kier alpha value is -5.26. The lowest BCUT2D eigenvalue weighted by Crippen LogP contribution is -2.64. The molecule has 0 radical (unpaired) electrons.